The number of carbonyl (C=O) groups excluding carboxylic acids is 1. The Hall–Kier alpha value is -2.13. The smallest absolute Gasteiger partial charge is 0.211 e. The van der Waals surface area contributed by atoms with Gasteiger partial charge in [-0.05, 0) is 49.1 Å². The van der Waals surface area contributed by atoms with E-state index in [0.717, 1.165) is 25.1 Å². The van der Waals surface area contributed by atoms with Crippen LogP contribution in [0.25, 0.3) is 0 Å². The molecular formula is C19H26N2O. The van der Waals surface area contributed by atoms with Crippen molar-refractivity contribution in [1.82, 2.24) is 0 Å². The highest BCUT2D eigenvalue weighted by molar-refractivity contribution is 5.71. The van der Waals surface area contributed by atoms with E-state index in [9.17, 15) is 4.79 Å². The largest absolute Gasteiger partial charge is 0.330 e. The Morgan fingerprint density at radius 3 is 2.36 bits per heavy atom. The van der Waals surface area contributed by atoms with Crippen molar-refractivity contribution in [2.45, 2.75) is 32.6 Å². The number of hydrogen-bond donors (Lipinski definition) is 2. The Kier molecular flexibility index (Phi) is 9.38. The molecule has 0 fully saturated rings. The normalized spacial score (nSPS) is 9.55. The Morgan fingerprint density at radius 1 is 1.00 bits per heavy atom. The van der Waals surface area contributed by atoms with Crippen LogP contribution in [0.3, 0.4) is 0 Å². The quantitative estimate of drug-likeness (QED) is 0.764. The van der Waals surface area contributed by atoms with Gasteiger partial charge in [-0.15, -0.1) is 0 Å². The summed E-state index contributed by atoms with van der Waals surface area (Å²) in [6.45, 7) is 2.91. The van der Waals surface area contributed by atoms with Crippen molar-refractivity contribution in [1.29, 1.82) is 0 Å². The summed E-state index contributed by atoms with van der Waals surface area (Å²) in [6.07, 6.45) is 5.18. The van der Waals surface area contributed by atoms with Crippen LogP contribution < -0.4 is 11.1 Å². The average Bonchev–Trinajstić information content (AvgIpc) is 2.56. The van der Waals surface area contributed by atoms with Crippen molar-refractivity contribution in [3.05, 3.63) is 65.7 Å². The second kappa shape index (κ2) is 11.5. The van der Waals surface area contributed by atoms with Crippen LogP contribution in [-0.4, -0.2) is 13.0 Å². The zero-order valence-corrected chi connectivity index (χ0v) is 13.3. The summed E-state index contributed by atoms with van der Waals surface area (Å²) >= 11 is 0. The number of rotatable bonds is 7. The Balaban J connectivity index is 0.000000235. The molecule has 3 heteroatoms. The predicted octanol–water partition coefficient (Wildman–Crippen LogP) is 3.79. The van der Waals surface area contributed by atoms with E-state index in [1.54, 1.807) is 0 Å². The number of aryl methyl sites for hydroxylation is 1. The van der Waals surface area contributed by atoms with Crippen molar-refractivity contribution in [2.75, 3.05) is 11.9 Å². The molecule has 0 unspecified atom stereocenters. The van der Waals surface area contributed by atoms with Crippen LogP contribution in [0.1, 0.15) is 30.9 Å². The van der Waals surface area contributed by atoms with Gasteiger partial charge in [0.2, 0.25) is 6.41 Å². The van der Waals surface area contributed by atoms with Gasteiger partial charge in [-0.1, -0.05) is 55.8 Å². The summed E-state index contributed by atoms with van der Waals surface area (Å²) in [5, 5.41) is 2.64. The molecule has 118 valence electrons. The van der Waals surface area contributed by atoms with E-state index in [-0.39, 0.29) is 0 Å². The lowest BCUT2D eigenvalue weighted by Gasteiger charge is -2.02. The van der Waals surface area contributed by atoms with Crippen molar-refractivity contribution in [3.8, 4) is 0 Å². The second-order valence-electron chi connectivity index (χ2n) is 5.09. The molecule has 3 nitrogen and oxygen atoms in total. The van der Waals surface area contributed by atoms with E-state index in [1.165, 1.54) is 24.0 Å². The molecule has 3 N–H and O–H groups in total. The second-order valence-corrected chi connectivity index (χ2v) is 5.09. The van der Waals surface area contributed by atoms with Crippen molar-refractivity contribution >= 4 is 12.1 Å². The molecule has 0 spiro atoms. The van der Waals surface area contributed by atoms with E-state index in [4.69, 9.17) is 5.73 Å². The lowest BCUT2D eigenvalue weighted by Crippen LogP contribution is -2.01. The summed E-state index contributed by atoms with van der Waals surface area (Å²) in [4.78, 5) is 10.2. The maximum Gasteiger partial charge on any atom is 0.211 e. The number of nitrogens with one attached hydrogen (secondary N) is 1. The molecule has 22 heavy (non-hydrogen) atoms. The van der Waals surface area contributed by atoms with Crippen molar-refractivity contribution < 1.29 is 4.79 Å². The third-order valence-electron chi connectivity index (χ3n) is 3.25. The summed E-state index contributed by atoms with van der Waals surface area (Å²) in [6, 6.07) is 18.2. The van der Waals surface area contributed by atoms with E-state index in [1.807, 2.05) is 36.4 Å². The summed E-state index contributed by atoms with van der Waals surface area (Å²) in [5.74, 6) is 0. The monoisotopic (exact) mass is 298 g/mol. The number of nitrogens with two attached hydrogens (primary N) is 1. The number of amides is 1. The highest BCUT2D eigenvalue weighted by Gasteiger charge is 1.94. The molecule has 2 rings (SSSR count). The van der Waals surface area contributed by atoms with Gasteiger partial charge in [-0.25, -0.2) is 0 Å². The van der Waals surface area contributed by atoms with Crippen LogP contribution in [-0.2, 0) is 17.6 Å². The molecule has 0 heterocycles. The summed E-state index contributed by atoms with van der Waals surface area (Å²) in [7, 11) is 0. The minimum atomic E-state index is 0.707. The van der Waals surface area contributed by atoms with Gasteiger partial charge in [0.15, 0.2) is 0 Å². The first-order valence-electron chi connectivity index (χ1n) is 7.83. The van der Waals surface area contributed by atoms with Crippen molar-refractivity contribution in [3.63, 3.8) is 0 Å². The maximum absolute atomic E-state index is 10.2. The molecule has 0 aliphatic carbocycles. The fourth-order valence-corrected chi connectivity index (χ4v) is 2.08. The lowest BCUT2D eigenvalue weighted by molar-refractivity contribution is -0.105. The van der Waals surface area contributed by atoms with Crippen LogP contribution in [0.4, 0.5) is 5.69 Å². The minimum Gasteiger partial charge on any atom is -0.330 e. The van der Waals surface area contributed by atoms with Crippen LogP contribution in [0.5, 0.6) is 0 Å². The van der Waals surface area contributed by atoms with Crippen LogP contribution in [0.2, 0.25) is 0 Å². The molecule has 0 bridgehead atoms. The van der Waals surface area contributed by atoms with Gasteiger partial charge in [0, 0.05) is 5.69 Å². The third kappa shape index (κ3) is 7.60. The molecule has 2 aromatic carbocycles. The SMILES string of the molecule is CCCCc1cccc(NC=O)c1.NCCc1ccccc1. The molecule has 0 saturated heterocycles. The summed E-state index contributed by atoms with van der Waals surface area (Å²) in [5.41, 5.74) is 8.84. The standard InChI is InChI=1S/C11H15NO.C8H11N/c1-2-3-5-10-6-4-7-11(8-10)12-9-13;9-7-6-8-4-2-1-3-5-8/h4,6-9H,2-3,5H2,1H3,(H,12,13);1-5H,6-7,9H2. The minimum absolute atomic E-state index is 0.707. The zero-order valence-electron chi connectivity index (χ0n) is 13.3. The van der Waals surface area contributed by atoms with E-state index >= 15 is 0 Å². The molecule has 0 aliphatic rings. The molecule has 1 amide bonds. The van der Waals surface area contributed by atoms with Gasteiger partial charge in [-0.2, -0.15) is 0 Å². The molecule has 2 aromatic rings. The number of unbranched alkanes of at least 4 members (excludes halogenated alkanes) is 1. The van der Waals surface area contributed by atoms with E-state index in [2.05, 4.69) is 30.4 Å². The van der Waals surface area contributed by atoms with Gasteiger partial charge >= 0.3 is 0 Å². The molecule has 0 radical (unpaired) electrons. The molecule has 0 aliphatic heterocycles. The first kappa shape index (κ1) is 17.9. The third-order valence-corrected chi connectivity index (χ3v) is 3.25. The zero-order chi connectivity index (χ0) is 16.0. The number of hydrogen-bond acceptors (Lipinski definition) is 2. The Bertz CT molecular complexity index is 526. The maximum atomic E-state index is 10.2. The topological polar surface area (TPSA) is 55.1 Å². The van der Waals surface area contributed by atoms with E-state index in [0.29, 0.717) is 6.41 Å². The average molecular weight is 298 g/mol. The Morgan fingerprint density at radius 2 is 1.73 bits per heavy atom. The summed E-state index contributed by atoms with van der Waals surface area (Å²) < 4.78 is 0. The van der Waals surface area contributed by atoms with E-state index < -0.39 is 0 Å². The number of anilines is 1. The van der Waals surface area contributed by atoms with Gasteiger partial charge in [0.1, 0.15) is 0 Å². The lowest BCUT2D eigenvalue weighted by atomic mass is 10.1. The highest BCUT2D eigenvalue weighted by Crippen LogP contribution is 2.11. The first-order valence-corrected chi connectivity index (χ1v) is 7.83. The Labute approximate surface area is 133 Å². The fourth-order valence-electron chi connectivity index (χ4n) is 2.08. The number of carbonyl (C=O) groups is 1. The van der Waals surface area contributed by atoms with Gasteiger partial charge in [-0.3, -0.25) is 4.79 Å². The van der Waals surface area contributed by atoms with Crippen LogP contribution >= 0.6 is 0 Å². The van der Waals surface area contributed by atoms with Crippen LogP contribution in [0.15, 0.2) is 54.6 Å². The predicted molar refractivity (Wildman–Crippen MR) is 93.9 cm³/mol. The molecular weight excluding hydrogens is 272 g/mol. The highest BCUT2D eigenvalue weighted by atomic mass is 16.1. The van der Waals surface area contributed by atoms with Gasteiger partial charge in [0.25, 0.3) is 0 Å². The molecule has 0 aromatic heterocycles. The molecule has 0 atom stereocenters. The van der Waals surface area contributed by atoms with Crippen molar-refractivity contribution in [2.24, 2.45) is 5.73 Å². The van der Waals surface area contributed by atoms with Crippen LogP contribution in [0, 0.1) is 0 Å². The van der Waals surface area contributed by atoms with Gasteiger partial charge < -0.3 is 11.1 Å². The fraction of sp³-hybridized carbons (Fsp3) is 0.316. The number of benzene rings is 2. The first-order chi connectivity index (χ1) is 10.8. The molecule has 0 saturated carbocycles. The van der Waals surface area contributed by atoms with Gasteiger partial charge in [0.05, 0.1) is 0 Å².